The van der Waals surface area contributed by atoms with Gasteiger partial charge < -0.3 is 19.6 Å². The summed E-state index contributed by atoms with van der Waals surface area (Å²) in [6.07, 6.45) is 0.643. The van der Waals surface area contributed by atoms with E-state index in [2.05, 4.69) is 0 Å². The molecular formula is C30H31FN2O4. The summed E-state index contributed by atoms with van der Waals surface area (Å²) in [5, 5.41) is 11.4. The van der Waals surface area contributed by atoms with Crippen LogP contribution in [-0.4, -0.2) is 53.8 Å². The second kappa shape index (κ2) is 11.4. The number of halogens is 1. The Labute approximate surface area is 216 Å². The van der Waals surface area contributed by atoms with Crippen molar-refractivity contribution in [2.24, 2.45) is 0 Å². The zero-order valence-corrected chi connectivity index (χ0v) is 21.3. The Morgan fingerprint density at radius 2 is 1.73 bits per heavy atom. The third-order valence-electron chi connectivity index (χ3n) is 6.43. The summed E-state index contributed by atoms with van der Waals surface area (Å²) >= 11 is 0. The number of ketones is 1. The number of carbonyl (C=O) groups excluding carboxylic acids is 2. The Hall–Kier alpha value is -3.97. The topological polar surface area (TPSA) is 70.1 Å². The molecule has 0 spiro atoms. The molecule has 4 rings (SSSR count). The van der Waals surface area contributed by atoms with Gasteiger partial charge in [-0.15, -0.1) is 0 Å². The van der Waals surface area contributed by atoms with Crippen molar-refractivity contribution in [3.63, 3.8) is 0 Å². The van der Waals surface area contributed by atoms with Crippen molar-refractivity contribution < 1.29 is 23.8 Å². The number of hydrogen-bond donors (Lipinski definition) is 1. The summed E-state index contributed by atoms with van der Waals surface area (Å²) in [5.41, 5.74) is 2.72. The van der Waals surface area contributed by atoms with Crippen LogP contribution in [0.15, 0.2) is 78.4 Å². The Bertz CT molecular complexity index is 1300. The predicted molar refractivity (Wildman–Crippen MR) is 141 cm³/mol. The van der Waals surface area contributed by atoms with Crippen LogP contribution in [0, 0.1) is 12.7 Å². The molecule has 0 aromatic heterocycles. The van der Waals surface area contributed by atoms with E-state index in [4.69, 9.17) is 4.74 Å². The number of hydrogen-bond acceptors (Lipinski definition) is 5. The molecule has 3 aromatic carbocycles. The fourth-order valence-electron chi connectivity index (χ4n) is 4.54. The minimum absolute atomic E-state index is 0.00233. The number of aliphatic hydroxyl groups is 1. The molecule has 37 heavy (non-hydrogen) atoms. The smallest absolute Gasteiger partial charge is 0.295 e. The van der Waals surface area contributed by atoms with Crippen LogP contribution >= 0.6 is 0 Å². The fraction of sp³-hybridized carbons (Fsp3) is 0.267. The lowest BCUT2D eigenvalue weighted by Crippen LogP contribution is -2.32. The number of ether oxygens (including phenoxy) is 1. The van der Waals surface area contributed by atoms with Gasteiger partial charge in [-0.2, -0.15) is 0 Å². The van der Waals surface area contributed by atoms with E-state index in [9.17, 15) is 19.1 Å². The average Bonchev–Trinajstić information content (AvgIpc) is 3.13. The fourth-order valence-corrected chi connectivity index (χ4v) is 4.54. The third-order valence-corrected chi connectivity index (χ3v) is 6.43. The lowest BCUT2D eigenvalue weighted by molar-refractivity contribution is -0.139. The lowest BCUT2D eigenvalue weighted by atomic mass is 9.94. The number of likely N-dealkylation sites (tertiary alicyclic amines) is 1. The number of benzene rings is 3. The SMILES string of the molecule is Cc1cc(OCc2ccccc2)ccc1/C(O)=C1\C(=O)C(=O)N(CCCN(C)C)[C@H]1c1ccc(F)cc1. The van der Waals surface area contributed by atoms with Gasteiger partial charge in [0.05, 0.1) is 11.6 Å². The number of carbonyl (C=O) groups is 2. The van der Waals surface area contributed by atoms with E-state index in [1.165, 1.54) is 17.0 Å². The molecule has 1 saturated heterocycles. The number of Topliss-reactive ketones (excluding diaryl/α,β-unsaturated/α-hetero) is 1. The largest absolute Gasteiger partial charge is 0.507 e. The van der Waals surface area contributed by atoms with Gasteiger partial charge in [0, 0.05) is 12.1 Å². The predicted octanol–water partition coefficient (Wildman–Crippen LogP) is 5.09. The molecule has 0 aliphatic carbocycles. The van der Waals surface area contributed by atoms with Gasteiger partial charge in [-0.25, -0.2) is 4.39 Å². The van der Waals surface area contributed by atoms with Gasteiger partial charge in [0.15, 0.2) is 0 Å². The van der Waals surface area contributed by atoms with Crippen LogP contribution in [0.1, 0.15) is 34.7 Å². The Morgan fingerprint density at radius 1 is 1.03 bits per heavy atom. The molecule has 192 valence electrons. The highest BCUT2D eigenvalue weighted by atomic mass is 19.1. The number of rotatable bonds is 9. The van der Waals surface area contributed by atoms with Crippen LogP contribution in [-0.2, 0) is 16.2 Å². The van der Waals surface area contributed by atoms with Crippen molar-refractivity contribution in [3.05, 3.63) is 106 Å². The maximum absolute atomic E-state index is 13.7. The van der Waals surface area contributed by atoms with Crippen LogP contribution in [0.25, 0.3) is 5.76 Å². The van der Waals surface area contributed by atoms with Crippen molar-refractivity contribution in [1.29, 1.82) is 0 Å². The quantitative estimate of drug-likeness (QED) is 0.251. The van der Waals surface area contributed by atoms with Gasteiger partial charge in [-0.3, -0.25) is 9.59 Å². The highest BCUT2D eigenvalue weighted by Gasteiger charge is 2.45. The number of aryl methyl sites for hydroxylation is 1. The summed E-state index contributed by atoms with van der Waals surface area (Å²) in [6, 6.07) is 19.8. The Morgan fingerprint density at radius 3 is 2.38 bits per heavy atom. The third kappa shape index (κ3) is 5.89. The molecule has 6 nitrogen and oxygen atoms in total. The van der Waals surface area contributed by atoms with Crippen molar-refractivity contribution >= 4 is 17.4 Å². The van der Waals surface area contributed by atoms with E-state index in [-0.39, 0.29) is 11.3 Å². The first-order chi connectivity index (χ1) is 17.8. The first-order valence-corrected chi connectivity index (χ1v) is 12.2. The van der Waals surface area contributed by atoms with Crippen molar-refractivity contribution in [1.82, 2.24) is 9.80 Å². The van der Waals surface area contributed by atoms with Crippen LogP contribution in [0.4, 0.5) is 4.39 Å². The van der Waals surface area contributed by atoms with Crippen molar-refractivity contribution in [3.8, 4) is 5.75 Å². The summed E-state index contributed by atoms with van der Waals surface area (Å²) in [6.45, 7) is 3.26. The Kier molecular flexibility index (Phi) is 8.04. The second-order valence-corrected chi connectivity index (χ2v) is 9.45. The molecule has 1 amide bonds. The molecule has 3 aromatic rings. The number of nitrogens with zero attached hydrogens (tertiary/aromatic N) is 2. The molecule has 1 fully saturated rings. The van der Waals surface area contributed by atoms with Gasteiger partial charge in [0.25, 0.3) is 11.7 Å². The van der Waals surface area contributed by atoms with Gasteiger partial charge >= 0.3 is 0 Å². The molecule has 1 heterocycles. The minimum Gasteiger partial charge on any atom is -0.507 e. The maximum atomic E-state index is 13.7. The molecule has 1 aliphatic heterocycles. The highest BCUT2D eigenvalue weighted by Crippen LogP contribution is 2.40. The summed E-state index contributed by atoms with van der Waals surface area (Å²) < 4.78 is 19.6. The summed E-state index contributed by atoms with van der Waals surface area (Å²) in [7, 11) is 3.86. The first kappa shape index (κ1) is 26.1. The zero-order chi connectivity index (χ0) is 26.5. The monoisotopic (exact) mass is 502 g/mol. The lowest BCUT2D eigenvalue weighted by Gasteiger charge is -2.26. The van der Waals surface area contributed by atoms with E-state index in [1.807, 2.05) is 56.3 Å². The Balaban J connectivity index is 1.68. The molecule has 0 saturated carbocycles. The normalized spacial score (nSPS) is 17.0. The van der Waals surface area contributed by atoms with E-state index in [0.29, 0.717) is 42.0 Å². The average molecular weight is 503 g/mol. The van der Waals surface area contributed by atoms with Crippen LogP contribution in [0.3, 0.4) is 0 Å². The molecular weight excluding hydrogens is 471 g/mol. The second-order valence-electron chi connectivity index (χ2n) is 9.45. The van der Waals surface area contributed by atoms with Crippen LogP contribution < -0.4 is 4.74 Å². The molecule has 1 atom stereocenters. The summed E-state index contributed by atoms with van der Waals surface area (Å²) in [4.78, 5) is 29.7. The van der Waals surface area contributed by atoms with Crippen LogP contribution in [0.2, 0.25) is 0 Å². The van der Waals surface area contributed by atoms with E-state index in [0.717, 1.165) is 12.1 Å². The minimum atomic E-state index is -0.809. The van der Waals surface area contributed by atoms with Gasteiger partial charge in [-0.05, 0) is 81.0 Å². The van der Waals surface area contributed by atoms with E-state index >= 15 is 0 Å². The molecule has 0 unspecified atom stereocenters. The van der Waals surface area contributed by atoms with Gasteiger partial charge in [0.1, 0.15) is 23.9 Å². The van der Waals surface area contributed by atoms with Crippen molar-refractivity contribution in [2.75, 3.05) is 27.2 Å². The highest BCUT2D eigenvalue weighted by molar-refractivity contribution is 6.46. The molecule has 1 N–H and O–H groups in total. The zero-order valence-electron chi connectivity index (χ0n) is 21.3. The maximum Gasteiger partial charge on any atom is 0.295 e. The molecule has 0 radical (unpaired) electrons. The van der Waals surface area contributed by atoms with Crippen molar-refractivity contribution in [2.45, 2.75) is 26.0 Å². The summed E-state index contributed by atoms with van der Waals surface area (Å²) in [5.74, 6) is -1.47. The van der Waals surface area contributed by atoms with E-state index in [1.54, 1.807) is 30.3 Å². The first-order valence-electron chi connectivity index (χ1n) is 12.2. The molecule has 0 bridgehead atoms. The number of aliphatic hydroxyl groups excluding tert-OH is 1. The number of amides is 1. The molecule has 7 heteroatoms. The standard InChI is InChI=1S/C30H31FN2O4/c1-20-18-24(37-19-21-8-5-4-6-9-21)14-15-25(20)28(34)26-27(22-10-12-23(31)13-11-22)33(30(36)29(26)35)17-7-16-32(2)3/h4-6,8-15,18,27,34H,7,16-17,19H2,1-3H3/b28-26+/t27-/m0/s1. The van der Waals surface area contributed by atoms with Gasteiger partial charge in [-0.1, -0.05) is 42.5 Å². The van der Waals surface area contributed by atoms with E-state index < -0.39 is 23.5 Å². The van der Waals surface area contributed by atoms with Gasteiger partial charge in [0.2, 0.25) is 0 Å². The van der Waals surface area contributed by atoms with Crippen LogP contribution in [0.5, 0.6) is 5.75 Å². The molecule has 1 aliphatic rings.